The summed E-state index contributed by atoms with van der Waals surface area (Å²) >= 11 is 0. The van der Waals surface area contributed by atoms with Gasteiger partial charge in [0.05, 0.1) is 24.2 Å². The molecule has 1 fully saturated rings. The monoisotopic (exact) mass is 535 g/mol. The molecule has 0 spiro atoms. The fourth-order valence-corrected chi connectivity index (χ4v) is 6.34. The zero-order valence-corrected chi connectivity index (χ0v) is 22.5. The number of nitrogens with zero attached hydrogens (tertiary/aromatic N) is 2. The highest BCUT2D eigenvalue weighted by atomic mass is 32.2. The Morgan fingerprint density at radius 2 is 1.68 bits per heavy atom. The number of carbonyl (C=O) groups excluding carboxylic acids is 1. The molecule has 0 aromatic heterocycles. The third-order valence-corrected chi connectivity index (χ3v) is 8.81. The molecule has 0 unspecified atom stereocenters. The molecule has 38 heavy (non-hydrogen) atoms. The van der Waals surface area contributed by atoms with Crippen molar-refractivity contribution in [1.29, 1.82) is 0 Å². The molecule has 1 amide bonds. The minimum Gasteiger partial charge on any atom is -0.497 e. The predicted molar refractivity (Wildman–Crippen MR) is 146 cm³/mol. The summed E-state index contributed by atoms with van der Waals surface area (Å²) < 4.78 is 39.7. The number of ether oxygens (including phenoxy) is 2. The molecule has 3 aromatic rings. The molecule has 2 heterocycles. The topological polar surface area (TPSA) is 88.2 Å². The van der Waals surface area contributed by atoms with Gasteiger partial charge in [0.25, 0.3) is 15.9 Å². The maximum Gasteiger partial charge on any atom is 0.264 e. The number of sulfonamides is 1. The van der Waals surface area contributed by atoms with Crippen LogP contribution in [0.4, 0.5) is 5.69 Å². The van der Waals surface area contributed by atoms with Crippen molar-refractivity contribution in [3.8, 4) is 11.5 Å². The standard InChI is InChI=1S/C29H33N3O5S/c1-21-5-14-26-27(17-21)37-28(20-32(26)38(34,35)25-12-10-24(36-2)11-13-25)29(33)30-18-22-6-8-23(9-7-22)19-31-15-3-4-16-31/h5-14,17,28H,3-4,15-16,18-20H2,1-2H3,(H,30,33)/t28-/m1/s1. The minimum absolute atomic E-state index is 0.111. The number of hydrogen-bond acceptors (Lipinski definition) is 6. The molecule has 0 bridgehead atoms. The number of benzene rings is 3. The smallest absolute Gasteiger partial charge is 0.264 e. The van der Waals surface area contributed by atoms with Gasteiger partial charge in [0.1, 0.15) is 11.5 Å². The molecule has 9 heteroatoms. The van der Waals surface area contributed by atoms with Gasteiger partial charge in [-0.05, 0) is 85.9 Å². The molecular formula is C29H33N3O5S. The number of carbonyl (C=O) groups is 1. The summed E-state index contributed by atoms with van der Waals surface area (Å²) in [6.45, 7) is 5.32. The van der Waals surface area contributed by atoms with Crippen LogP contribution in [-0.2, 0) is 27.9 Å². The molecule has 0 aliphatic carbocycles. The van der Waals surface area contributed by atoms with Crippen molar-refractivity contribution in [3.05, 3.63) is 83.4 Å². The normalized spacial score (nSPS) is 17.5. The Hall–Kier alpha value is -3.56. The van der Waals surface area contributed by atoms with E-state index >= 15 is 0 Å². The van der Waals surface area contributed by atoms with Crippen LogP contribution in [0.1, 0.15) is 29.5 Å². The molecule has 1 saturated heterocycles. The molecule has 1 N–H and O–H groups in total. The van der Waals surface area contributed by atoms with Gasteiger partial charge < -0.3 is 14.8 Å². The van der Waals surface area contributed by atoms with Crippen LogP contribution in [0.5, 0.6) is 11.5 Å². The highest BCUT2D eigenvalue weighted by molar-refractivity contribution is 7.92. The Morgan fingerprint density at radius 3 is 2.37 bits per heavy atom. The fraction of sp³-hybridized carbons (Fsp3) is 0.345. The third kappa shape index (κ3) is 5.63. The van der Waals surface area contributed by atoms with E-state index in [-0.39, 0.29) is 17.3 Å². The average molecular weight is 536 g/mol. The summed E-state index contributed by atoms with van der Waals surface area (Å²) in [6.07, 6.45) is 1.53. The Bertz CT molecular complexity index is 1380. The second kappa shape index (κ2) is 11.0. The van der Waals surface area contributed by atoms with Crippen molar-refractivity contribution in [2.75, 3.05) is 31.0 Å². The molecule has 5 rings (SSSR count). The molecule has 2 aliphatic heterocycles. The highest BCUT2D eigenvalue weighted by Crippen LogP contribution is 2.38. The lowest BCUT2D eigenvalue weighted by molar-refractivity contribution is -0.127. The average Bonchev–Trinajstić information content (AvgIpc) is 3.44. The van der Waals surface area contributed by atoms with E-state index in [1.807, 2.05) is 25.1 Å². The molecule has 1 atom stereocenters. The molecular weight excluding hydrogens is 502 g/mol. The lowest BCUT2D eigenvalue weighted by Gasteiger charge is -2.35. The van der Waals surface area contributed by atoms with Gasteiger partial charge in [-0.1, -0.05) is 30.3 Å². The van der Waals surface area contributed by atoms with Crippen LogP contribution >= 0.6 is 0 Å². The van der Waals surface area contributed by atoms with Crippen LogP contribution in [0.3, 0.4) is 0 Å². The Balaban J connectivity index is 1.30. The van der Waals surface area contributed by atoms with E-state index in [9.17, 15) is 13.2 Å². The minimum atomic E-state index is -3.95. The lowest BCUT2D eigenvalue weighted by Crippen LogP contribution is -2.50. The van der Waals surface area contributed by atoms with E-state index in [1.54, 1.807) is 24.3 Å². The van der Waals surface area contributed by atoms with Gasteiger partial charge in [-0.3, -0.25) is 14.0 Å². The van der Waals surface area contributed by atoms with Gasteiger partial charge in [-0.25, -0.2) is 8.42 Å². The van der Waals surface area contributed by atoms with Crippen molar-refractivity contribution in [3.63, 3.8) is 0 Å². The number of rotatable bonds is 8. The van der Waals surface area contributed by atoms with E-state index < -0.39 is 16.1 Å². The summed E-state index contributed by atoms with van der Waals surface area (Å²) in [5, 5.41) is 2.92. The van der Waals surface area contributed by atoms with E-state index in [4.69, 9.17) is 9.47 Å². The number of hydrogen-bond donors (Lipinski definition) is 1. The van der Waals surface area contributed by atoms with Crippen molar-refractivity contribution in [2.24, 2.45) is 0 Å². The van der Waals surface area contributed by atoms with Crippen LogP contribution in [0, 0.1) is 6.92 Å². The maximum absolute atomic E-state index is 13.6. The summed E-state index contributed by atoms with van der Waals surface area (Å²) in [5.41, 5.74) is 3.53. The van der Waals surface area contributed by atoms with Gasteiger partial charge in [0.2, 0.25) is 0 Å². The Kier molecular flexibility index (Phi) is 7.58. The summed E-state index contributed by atoms with van der Waals surface area (Å²) in [5.74, 6) is 0.552. The molecule has 0 radical (unpaired) electrons. The van der Waals surface area contributed by atoms with E-state index in [0.29, 0.717) is 23.7 Å². The van der Waals surface area contributed by atoms with Crippen molar-refractivity contribution in [1.82, 2.24) is 10.2 Å². The molecule has 200 valence electrons. The van der Waals surface area contributed by atoms with Gasteiger partial charge in [0, 0.05) is 13.1 Å². The number of methoxy groups -OCH3 is 1. The number of fused-ring (bicyclic) bond motifs is 1. The summed E-state index contributed by atoms with van der Waals surface area (Å²) in [6, 6.07) is 19.7. The van der Waals surface area contributed by atoms with Crippen LogP contribution in [0.2, 0.25) is 0 Å². The highest BCUT2D eigenvalue weighted by Gasteiger charge is 2.37. The lowest BCUT2D eigenvalue weighted by atomic mass is 10.1. The Morgan fingerprint density at radius 1 is 1.00 bits per heavy atom. The number of likely N-dealkylation sites (tertiary alicyclic amines) is 1. The SMILES string of the molecule is COc1ccc(S(=O)(=O)N2C[C@H](C(=O)NCc3ccc(CN4CCCC4)cc3)Oc3cc(C)ccc32)cc1. The molecule has 3 aromatic carbocycles. The van der Waals surface area contributed by atoms with Crippen LogP contribution in [0.25, 0.3) is 0 Å². The van der Waals surface area contributed by atoms with Crippen molar-refractivity contribution >= 4 is 21.6 Å². The number of aryl methyl sites for hydroxylation is 1. The second-order valence-corrected chi connectivity index (χ2v) is 11.7. The quantitative estimate of drug-likeness (QED) is 0.471. The van der Waals surface area contributed by atoms with Crippen molar-refractivity contribution in [2.45, 2.75) is 43.9 Å². The number of anilines is 1. The van der Waals surface area contributed by atoms with E-state index in [0.717, 1.165) is 30.8 Å². The first-order valence-electron chi connectivity index (χ1n) is 12.9. The molecule has 2 aliphatic rings. The Labute approximate surface area is 224 Å². The summed E-state index contributed by atoms with van der Waals surface area (Å²) in [4.78, 5) is 15.7. The van der Waals surface area contributed by atoms with Crippen LogP contribution in [-0.4, -0.2) is 52.1 Å². The van der Waals surface area contributed by atoms with Gasteiger partial charge in [-0.15, -0.1) is 0 Å². The zero-order valence-electron chi connectivity index (χ0n) is 21.7. The van der Waals surface area contributed by atoms with Crippen LogP contribution in [0.15, 0.2) is 71.6 Å². The first kappa shape index (κ1) is 26.1. The van der Waals surface area contributed by atoms with Crippen molar-refractivity contribution < 1.29 is 22.7 Å². The molecule has 0 saturated carbocycles. The third-order valence-electron chi connectivity index (χ3n) is 7.02. The maximum atomic E-state index is 13.6. The number of nitrogens with one attached hydrogen (secondary N) is 1. The van der Waals surface area contributed by atoms with Crippen LogP contribution < -0.4 is 19.1 Å². The fourth-order valence-electron chi connectivity index (χ4n) is 4.86. The van der Waals surface area contributed by atoms with E-state index in [1.165, 1.54) is 42.0 Å². The van der Waals surface area contributed by atoms with E-state index in [2.05, 4.69) is 22.3 Å². The van der Waals surface area contributed by atoms with Gasteiger partial charge in [-0.2, -0.15) is 0 Å². The van der Waals surface area contributed by atoms with Gasteiger partial charge in [0.15, 0.2) is 6.10 Å². The summed E-state index contributed by atoms with van der Waals surface area (Å²) in [7, 11) is -2.42. The first-order chi connectivity index (χ1) is 18.3. The largest absolute Gasteiger partial charge is 0.497 e. The number of amides is 1. The first-order valence-corrected chi connectivity index (χ1v) is 14.3. The predicted octanol–water partition coefficient (Wildman–Crippen LogP) is 3.87. The second-order valence-electron chi connectivity index (χ2n) is 9.81. The zero-order chi connectivity index (χ0) is 26.7. The van der Waals surface area contributed by atoms with Gasteiger partial charge >= 0.3 is 0 Å². The molecule has 8 nitrogen and oxygen atoms in total.